The monoisotopic (exact) mass is 205 g/mol. The molecule has 0 aliphatic heterocycles. The molecule has 2 N–H and O–H groups in total. The van der Waals surface area contributed by atoms with Gasteiger partial charge in [0.25, 0.3) is 0 Å². The lowest BCUT2D eigenvalue weighted by atomic mass is 10.2. The summed E-state index contributed by atoms with van der Waals surface area (Å²) in [5.41, 5.74) is 0.676. The average molecular weight is 205 g/mol. The van der Waals surface area contributed by atoms with Gasteiger partial charge in [0.15, 0.2) is 0 Å². The van der Waals surface area contributed by atoms with Crippen molar-refractivity contribution in [1.82, 2.24) is 0 Å². The van der Waals surface area contributed by atoms with E-state index >= 15 is 0 Å². The fraction of sp³-hybridized carbons (Fsp3) is 0.143. The maximum atomic E-state index is 10.8. The molecule has 0 atom stereocenters. The van der Waals surface area contributed by atoms with E-state index in [1.165, 1.54) is 6.07 Å². The molecule has 0 heterocycles. The highest BCUT2D eigenvalue weighted by Gasteiger charge is 2.08. The van der Waals surface area contributed by atoms with Gasteiger partial charge in [0, 0.05) is 0 Å². The minimum absolute atomic E-state index is 0. The molecule has 0 spiro atoms. The summed E-state index contributed by atoms with van der Waals surface area (Å²) in [6, 6.07) is 6.61. The Hall–Kier alpha value is -0.520. The maximum Gasteiger partial charge on any atom is 0.238 e. The molecule has 68 valence electrons. The van der Waals surface area contributed by atoms with Gasteiger partial charge in [-0.25, -0.2) is 13.6 Å². The van der Waals surface area contributed by atoms with E-state index in [1.54, 1.807) is 25.1 Å². The third kappa shape index (κ3) is 2.51. The summed E-state index contributed by atoms with van der Waals surface area (Å²) in [7, 11) is -3.53. The Balaban J connectivity index is 0.00000121. The van der Waals surface area contributed by atoms with Crippen LogP contribution in [0.5, 0.6) is 0 Å². The van der Waals surface area contributed by atoms with Crippen molar-refractivity contribution in [2.45, 2.75) is 11.8 Å². The molecule has 0 aliphatic carbocycles. The summed E-state index contributed by atoms with van der Waals surface area (Å²) < 4.78 is 21.7. The molecule has 0 aliphatic rings. The minimum atomic E-state index is -3.53. The van der Waals surface area contributed by atoms with Crippen LogP contribution in [0.3, 0.4) is 0 Å². The van der Waals surface area contributed by atoms with Crippen LogP contribution in [0.1, 0.15) is 5.56 Å². The van der Waals surface area contributed by atoms with Crippen molar-refractivity contribution in [2.24, 2.45) is 5.14 Å². The summed E-state index contributed by atoms with van der Waals surface area (Å²) >= 11 is 0. The number of hydrogen-bond acceptors (Lipinski definition) is 2. The van der Waals surface area contributed by atoms with Gasteiger partial charge >= 0.3 is 0 Å². The number of rotatable bonds is 1. The predicted octanol–water partition coefficient (Wildman–Crippen LogP) is 0.755. The molecular formula is C7H11NO2S2. The Labute approximate surface area is 79.1 Å². The first kappa shape index (κ1) is 11.5. The Bertz CT molecular complexity index is 359. The van der Waals surface area contributed by atoms with Gasteiger partial charge in [-0.1, -0.05) is 18.2 Å². The van der Waals surface area contributed by atoms with Crippen molar-refractivity contribution in [2.75, 3.05) is 0 Å². The van der Waals surface area contributed by atoms with E-state index in [0.717, 1.165) is 0 Å². The van der Waals surface area contributed by atoms with E-state index in [1.807, 2.05) is 0 Å². The van der Waals surface area contributed by atoms with Crippen molar-refractivity contribution >= 4 is 23.5 Å². The van der Waals surface area contributed by atoms with Gasteiger partial charge in [0.1, 0.15) is 0 Å². The van der Waals surface area contributed by atoms with Crippen LogP contribution in [0.4, 0.5) is 0 Å². The van der Waals surface area contributed by atoms with Crippen LogP contribution in [-0.4, -0.2) is 8.42 Å². The van der Waals surface area contributed by atoms with Gasteiger partial charge in [-0.15, -0.1) is 0 Å². The van der Waals surface area contributed by atoms with Crippen LogP contribution in [-0.2, 0) is 10.0 Å². The fourth-order valence-corrected chi connectivity index (χ4v) is 1.66. The Morgan fingerprint density at radius 3 is 2.08 bits per heavy atom. The number of nitrogens with two attached hydrogens (primary N) is 1. The van der Waals surface area contributed by atoms with Crippen molar-refractivity contribution in [3.63, 3.8) is 0 Å². The van der Waals surface area contributed by atoms with Crippen LogP contribution in [0.15, 0.2) is 29.2 Å². The second-order valence-corrected chi connectivity index (χ2v) is 3.84. The van der Waals surface area contributed by atoms with Gasteiger partial charge in [-0.2, -0.15) is 13.5 Å². The van der Waals surface area contributed by atoms with Crippen molar-refractivity contribution in [1.29, 1.82) is 0 Å². The molecule has 12 heavy (non-hydrogen) atoms. The van der Waals surface area contributed by atoms with E-state index in [0.29, 0.717) is 5.56 Å². The number of primary sulfonamides is 1. The third-order valence-electron chi connectivity index (χ3n) is 1.40. The van der Waals surface area contributed by atoms with Gasteiger partial charge in [0.2, 0.25) is 10.0 Å². The van der Waals surface area contributed by atoms with E-state index in [9.17, 15) is 8.42 Å². The lowest BCUT2D eigenvalue weighted by Crippen LogP contribution is -2.13. The lowest BCUT2D eigenvalue weighted by Gasteiger charge is -2.00. The Morgan fingerprint density at radius 1 is 1.25 bits per heavy atom. The normalized spacial score (nSPS) is 10.5. The molecule has 0 bridgehead atoms. The molecule has 0 radical (unpaired) electrons. The van der Waals surface area contributed by atoms with Crippen LogP contribution in [0.25, 0.3) is 0 Å². The first-order chi connectivity index (χ1) is 5.02. The molecule has 0 fully saturated rings. The molecule has 0 saturated carbocycles. The summed E-state index contributed by atoms with van der Waals surface area (Å²) in [6.45, 7) is 1.71. The fourth-order valence-electron chi connectivity index (χ4n) is 0.876. The number of aryl methyl sites for hydroxylation is 1. The number of benzene rings is 1. The lowest BCUT2D eigenvalue weighted by molar-refractivity contribution is 0.597. The predicted molar refractivity (Wildman–Crippen MR) is 52.9 cm³/mol. The zero-order chi connectivity index (χ0) is 8.48. The zero-order valence-electron chi connectivity index (χ0n) is 6.61. The molecule has 3 nitrogen and oxygen atoms in total. The maximum absolute atomic E-state index is 10.8. The molecule has 0 unspecified atom stereocenters. The van der Waals surface area contributed by atoms with Crippen LogP contribution >= 0.6 is 13.5 Å². The highest BCUT2D eigenvalue weighted by Crippen LogP contribution is 2.10. The molecule has 1 aromatic rings. The first-order valence-corrected chi connectivity index (χ1v) is 4.65. The van der Waals surface area contributed by atoms with Gasteiger partial charge in [-0.05, 0) is 18.6 Å². The van der Waals surface area contributed by atoms with E-state index in [2.05, 4.69) is 0 Å². The summed E-state index contributed by atoms with van der Waals surface area (Å²) in [4.78, 5) is 0.194. The van der Waals surface area contributed by atoms with E-state index in [4.69, 9.17) is 5.14 Å². The molecular weight excluding hydrogens is 194 g/mol. The third-order valence-corrected chi connectivity index (χ3v) is 2.47. The van der Waals surface area contributed by atoms with Crippen molar-refractivity contribution in [3.05, 3.63) is 29.8 Å². The summed E-state index contributed by atoms with van der Waals surface area (Å²) in [6.07, 6.45) is 0. The summed E-state index contributed by atoms with van der Waals surface area (Å²) in [5, 5.41) is 4.93. The Kier molecular flexibility index (Phi) is 3.76. The zero-order valence-corrected chi connectivity index (χ0v) is 8.43. The topological polar surface area (TPSA) is 60.2 Å². The molecule has 1 rings (SSSR count). The second-order valence-electron chi connectivity index (χ2n) is 2.31. The molecule has 5 heteroatoms. The quantitative estimate of drug-likeness (QED) is 0.735. The SMILES string of the molecule is Cc1ccccc1S(N)(=O)=O.S. The largest absolute Gasteiger partial charge is 0.238 e. The van der Waals surface area contributed by atoms with Crippen LogP contribution < -0.4 is 5.14 Å². The highest BCUT2D eigenvalue weighted by atomic mass is 32.2. The first-order valence-electron chi connectivity index (χ1n) is 3.10. The van der Waals surface area contributed by atoms with Crippen molar-refractivity contribution < 1.29 is 8.42 Å². The van der Waals surface area contributed by atoms with E-state index in [-0.39, 0.29) is 18.4 Å². The number of sulfonamides is 1. The van der Waals surface area contributed by atoms with Gasteiger partial charge < -0.3 is 0 Å². The smallest absolute Gasteiger partial charge is 0.225 e. The number of hydrogen-bond donors (Lipinski definition) is 1. The Morgan fingerprint density at radius 2 is 1.75 bits per heavy atom. The van der Waals surface area contributed by atoms with Gasteiger partial charge in [0.05, 0.1) is 4.90 Å². The molecule has 0 amide bonds. The summed E-state index contributed by atoms with van der Waals surface area (Å²) in [5.74, 6) is 0. The van der Waals surface area contributed by atoms with Gasteiger partial charge in [-0.3, -0.25) is 0 Å². The standard InChI is InChI=1S/C7H9NO2S.H2S/c1-6-4-2-3-5-7(6)11(8,9)10;/h2-5H,1H3,(H2,8,9,10);1H2. The highest BCUT2D eigenvalue weighted by molar-refractivity contribution is 7.89. The van der Waals surface area contributed by atoms with E-state index < -0.39 is 10.0 Å². The molecule has 0 aromatic heterocycles. The minimum Gasteiger partial charge on any atom is -0.225 e. The molecule has 1 aromatic carbocycles. The second kappa shape index (κ2) is 3.93. The molecule has 0 saturated heterocycles. The average Bonchev–Trinajstić information content (AvgIpc) is 1.86. The van der Waals surface area contributed by atoms with Crippen LogP contribution in [0, 0.1) is 6.92 Å². The van der Waals surface area contributed by atoms with Crippen molar-refractivity contribution in [3.8, 4) is 0 Å². The van der Waals surface area contributed by atoms with Crippen LogP contribution in [0.2, 0.25) is 0 Å².